The van der Waals surface area contributed by atoms with Gasteiger partial charge in [-0.15, -0.1) is 0 Å². The molecule has 0 saturated carbocycles. The van der Waals surface area contributed by atoms with Crippen LogP contribution in [-0.4, -0.2) is 48.8 Å². The van der Waals surface area contributed by atoms with Crippen LogP contribution >= 0.6 is 0 Å². The molecule has 0 spiro atoms. The average Bonchev–Trinajstić information content (AvgIpc) is 2.66. The molecule has 2 aliphatic heterocycles. The Hall–Kier alpha value is -2.10. The molecule has 2 amide bonds. The van der Waals surface area contributed by atoms with Crippen LogP contribution < -0.4 is 0 Å². The van der Waals surface area contributed by atoms with Gasteiger partial charge >= 0.3 is 0 Å². The highest BCUT2D eigenvalue weighted by Gasteiger charge is 2.24. The normalized spacial score (nSPS) is 19.7. The summed E-state index contributed by atoms with van der Waals surface area (Å²) in [6.45, 7) is 15.8. The van der Waals surface area contributed by atoms with Gasteiger partial charge in [-0.05, 0) is 11.1 Å². The fourth-order valence-corrected chi connectivity index (χ4v) is 1.67. The van der Waals surface area contributed by atoms with Crippen LogP contribution in [0.25, 0.3) is 0 Å². The number of amides is 2. The number of likely N-dealkylation sites (tertiary alicyclic amines) is 2. The maximum absolute atomic E-state index is 10.9. The molecule has 18 heavy (non-hydrogen) atoms. The first kappa shape index (κ1) is 14.0. The Labute approximate surface area is 108 Å². The van der Waals surface area contributed by atoms with Crippen LogP contribution in [0.5, 0.6) is 0 Å². The first-order valence-corrected chi connectivity index (χ1v) is 5.50. The zero-order valence-corrected chi connectivity index (χ0v) is 11.0. The highest BCUT2D eigenvalue weighted by molar-refractivity contribution is 6.00. The minimum Gasteiger partial charge on any atom is -0.337 e. The van der Waals surface area contributed by atoms with Crippen molar-refractivity contribution in [2.75, 3.05) is 27.2 Å². The Kier molecular flexibility index (Phi) is 3.91. The van der Waals surface area contributed by atoms with E-state index in [0.29, 0.717) is 24.2 Å². The van der Waals surface area contributed by atoms with E-state index < -0.39 is 0 Å². The second kappa shape index (κ2) is 5.04. The summed E-state index contributed by atoms with van der Waals surface area (Å²) in [4.78, 5) is 25.0. The Morgan fingerprint density at radius 3 is 1.11 bits per heavy atom. The van der Waals surface area contributed by atoms with E-state index in [1.165, 1.54) is 0 Å². The first-order chi connectivity index (χ1) is 8.25. The Morgan fingerprint density at radius 2 is 1.06 bits per heavy atom. The highest BCUT2D eigenvalue weighted by atomic mass is 16.2. The first-order valence-electron chi connectivity index (χ1n) is 5.50. The van der Waals surface area contributed by atoms with E-state index in [-0.39, 0.29) is 11.8 Å². The Bertz CT molecular complexity index is 430. The van der Waals surface area contributed by atoms with Crippen molar-refractivity contribution in [1.82, 2.24) is 9.80 Å². The lowest BCUT2D eigenvalue weighted by molar-refractivity contribution is -0.124. The number of carbonyl (C=O) groups excluding carboxylic acids is 2. The molecule has 96 valence electrons. The molecule has 0 aliphatic carbocycles. The highest BCUT2D eigenvalue weighted by Crippen LogP contribution is 2.17. The molecule has 0 aromatic rings. The van der Waals surface area contributed by atoms with Gasteiger partial charge in [-0.1, -0.05) is 26.3 Å². The van der Waals surface area contributed by atoms with Gasteiger partial charge in [-0.2, -0.15) is 0 Å². The molecule has 2 rings (SSSR count). The molecule has 0 N–H and O–H groups in total. The van der Waals surface area contributed by atoms with E-state index in [1.807, 2.05) is 0 Å². The van der Waals surface area contributed by atoms with Crippen LogP contribution in [0, 0.1) is 0 Å². The van der Waals surface area contributed by atoms with Crippen LogP contribution in [0.3, 0.4) is 0 Å². The molecule has 0 atom stereocenters. The Morgan fingerprint density at radius 1 is 0.778 bits per heavy atom. The van der Waals surface area contributed by atoms with Crippen LogP contribution in [0.15, 0.2) is 48.6 Å². The lowest BCUT2D eigenvalue weighted by atomic mass is 10.2. The van der Waals surface area contributed by atoms with E-state index >= 15 is 0 Å². The average molecular weight is 246 g/mol. The van der Waals surface area contributed by atoms with Crippen LogP contribution in [0.1, 0.15) is 0 Å². The topological polar surface area (TPSA) is 40.6 Å². The molecule has 2 fully saturated rings. The van der Waals surface area contributed by atoms with Crippen molar-refractivity contribution in [1.29, 1.82) is 0 Å². The molecule has 0 aromatic carbocycles. The summed E-state index contributed by atoms with van der Waals surface area (Å²) in [5, 5.41) is 0. The molecule has 4 heteroatoms. The van der Waals surface area contributed by atoms with Crippen LogP contribution in [0.2, 0.25) is 0 Å². The number of hydrogen-bond donors (Lipinski definition) is 0. The number of carbonyl (C=O) groups is 2. The van der Waals surface area contributed by atoms with Gasteiger partial charge in [0.15, 0.2) is 0 Å². The summed E-state index contributed by atoms with van der Waals surface area (Å²) in [7, 11) is 3.48. The van der Waals surface area contributed by atoms with Crippen molar-refractivity contribution in [2.45, 2.75) is 0 Å². The fourth-order valence-electron chi connectivity index (χ4n) is 1.67. The fraction of sp³-hybridized carbons (Fsp3) is 0.286. The summed E-state index contributed by atoms with van der Waals surface area (Å²) in [6, 6.07) is 0. The minimum absolute atomic E-state index is 0.000000000000000222. The van der Waals surface area contributed by atoms with E-state index in [9.17, 15) is 9.59 Å². The zero-order chi connectivity index (χ0) is 14.0. The molecule has 2 saturated heterocycles. The summed E-state index contributed by atoms with van der Waals surface area (Å²) < 4.78 is 0. The van der Waals surface area contributed by atoms with Crippen molar-refractivity contribution < 1.29 is 9.59 Å². The van der Waals surface area contributed by atoms with Gasteiger partial charge in [0.25, 0.3) is 11.8 Å². The molecular formula is C14H18N2O2. The lowest BCUT2D eigenvalue weighted by Gasteiger charge is -2.02. The third-order valence-corrected chi connectivity index (χ3v) is 2.92. The van der Waals surface area contributed by atoms with Crippen molar-refractivity contribution >= 4 is 11.8 Å². The maximum Gasteiger partial charge on any atom is 0.253 e. The van der Waals surface area contributed by atoms with Gasteiger partial charge in [-0.3, -0.25) is 9.59 Å². The quantitative estimate of drug-likeness (QED) is 0.601. The molecule has 2 heterocycles. The predicted octanol–water partition coefficient (Wildman–Crippen LogP) is 1.14. The largest absolute Gasteiger partial charge is 0.337 e. The SMILES string of the molecule is C=C1CN(C)C(=O)C1=C.C=C1CN(C)C(=O)C1=C. The van der Waals surface area contributed by atoms with Gasteiger partial charge < -0.3 is 9.80 Å². The van der Waals surface area contributed by atoms with Gasteiger partial charge in [0, 0.05) is 38.3 Å². The van der Waals surface area contributed by atoms with E-state index in [0.717, 1.165) is 11.1 Å². The zero-order valence-electron chi connectivity index (χ0n) is 11.0. The van der Waals surface area contributed by atoms with E-state index in [4.69, 9.17) is 0 Å². The number of rotatable bonds is 0. The second-order valence-corrected chi connectivity index (χ2v) is 4.49. The third-order valence-electron chi connectivity index (χ3n) is 2.92. The molecular weight excluding hydrogens is 228 g/mol. The number of hydrogen-bond acceptors (Lipinski definition) is 2. The summed E-state index contributed by atoms with van der Waals surface area (Å²) in [6.07, 6.45) is 0. The molecule has 0 aromatic heterocycles. The number of likely N-dealkylation sites (N-methyl/N-ethyl adjacent to an activating group) is 2. The smallest absolute Gasteiger partial charge is 0.253 e. The lowest BCUT2D eigenvalue weighted by Crippen LogP contribution is -2.18. The summed E-state index contributed by atoms with van der Waals surface area (Å²) in [5.74, 6) is 0.000000000000000444. The van der Waals surface area contributed by atoms with Crippen molar-refractivity contribution in [3.05, 3.63) is 48.6 Å². The minimum atomic E-state index is 0.000000000000000222. The van der Waals surface area contributed by atoms with Gasteiger partial charge in [0.2, 0.25) is 0 Å². The summed E-state index contributed by atoms with van der Waals surface area (Å²) in [5.41, 5.74) is 2.78. The maximum atomic E-state index is 10.9. The molecule has 0 unspecified atom stereocenters. The predicted molar refractivity (Wildman–Crippen MR) is 71.8 cm³/mol. The van der Waals surface area contributed by atoms with Gasteiger partial charge in [0.05, 0.1) is 0 Å². The van der Waals surface area contributed by atoms with E-state index in [1.54, 1.807) is 23.9 Å². The van der Waals surface area contributed by atoms with Crippen LogP contribution in [-0.2, 0) is 9.59 Å². The van der Waals surface area contributed by atoms with Crippen molar-refractivity contribution in [3.8, 4) is 0 Å². The van der Waals surface area contributed by atoms with Crippen molar-refractivity contribution in [3.63, 3.8) is 0 Å². The van der Waals surface area contributed by atoms with E-state index in [2.05, 4.69) is 26.3 Å². The van der Waals surface area contributed by atoms with Gasteiger partial charge in [-0.25, -0.2) is 0 Å². The number of nitrogens with zero attached hydrogens (tertiary/aromatic N) is 2. The molecule has 0 bridgehead atoms. The summed E-state index contributed by atoms with van der Waals surface area (Å²) >= 11 is 0. The van der Waals surface area contributed by atoms with Crippen LogP contribution in [0.4, 0.5) is 0 Å². The molecule has 4 nitrogen and oxygen atoms in total. The third kappa shape index (κ3) is 2.59. The molecule has 0 radical (unpaired) electrons. The van der Waals surface area contributed by atoms with Gasteiger partial charge in [0.1, 0.15) is 0 Å². The molecule has 2 aliphatic rings. The van der Waals surface area contributed by atoms with Crippen molar-refractivity contribution in [2.24, 2.45) is 0 Å². The monoisotopic (exact) mass is 246 g/mol. The standard InChI is InChI=1S/2C7H9NO/c2*1-5-4-8(3)7(9)6(5)2/h2*1-2,4H2,3H3. The second-order valence-electron chi connectivity index (χ2n) is 4.49. The Balaban J connectivity index is 0.000000180.